The fourth-order valence-electron chi connectivity index (χ4n) is 2.70. The van der Waals surface area contributed by atoms with Gasteiger partial charge < -0.3 is 4.90 Å². The van der Waals surface area contributed by atoms with Crippen LogP contribution in [0.4, 0.5) is 5.82 Å². The van der Waals surface area contributed by atoms with Gasteiger partial charge in [0.15, 0.2) is 0 Å². The van der Waals surface area contributed by atoms with Crippen LogP contribution in [-0.2, 0) is 12.8 Å². The van der Waals surface area contributed by atoms with Crippen molar-refractivity contribution in [1.82, 2.24) is 4.98 Å². The van der Waals surface area contributed by atoms with Crippen LogP contribution in [0.3, 0.4) is 0 Å². The summed E-state index contributed by atoms with van der Waals surface area (Å²) >= 11 is 0. The molecule has 102 valence electrons. The molecule has 0 spiro atoms. The molecule has 1 aliphatic rings. The number of pyridine rings is 1. The number of aromatic nitrogens is 1. The Bertz CT molecular complexity index is 497. The lowest BCUT2D eigenvalue weighted by molar-refractivity contribution is 0.565. The average molecular weight is 257 g/mol. The van der Waals surface area contributed by atoms with Gasteiger partial charge in [0.25, 0.3) is 0 Å². The SMILES string of the molecule is CC(C)CN(c1nc2c(cc1C#N)CCC2)C(C)C. The third kappa shape index (κ3) is 2.89. The van der Waals surface area contributed by atoms with Crippen LogP contribution < -0.4 is 4.90 Å². The standard InChI is InChI=1S/C16H23N3/c1-11(2)10-19(12(3)4)16-14(9-17)8-13-6-5-7-15(13)18-16/h8,11-12H,5-7,10H2,1-4H3. The Kier molecular flexibility index (Phi) is 4.09. The highest BCUT2D eigenvalue weighted by Gasteiger charge is 2.22. The maximum atomic E-state index is 9.40. The molecule has 1 aromatic heterocycles. The summed E-state index contributed by atoms with van der Waals surface area (Å²) < 4.78 is 0. The van der Waals surface area contributed by atoms with Crippen LogP contribution in [0.2, 0.25) is 0 Å². The summed E-state index contributed by atoms with van der Waals surface area (Å²) in [6.45, 7) is 9.68. The zero-order valence-electron chi connectivity index (χ0n) is 12.4. The lowest BCUT2D eigenvalue weighted by Crippen LogP contribution is -2.35. The third-order valence-corrected chi connectivity index (χ3v) is 3.61. The monoisotopic (exact) mass is 257 g/mol. The zero-order chi connectivity index (χ0) is 14.0. The quantitative estimate of drug-likeness (QED) is 0.830. The Balaban J connectivity index is 2.44. The highest BCUT2D eigenvalue weighted by Crippen LogP contribution is 2.28. The molecule has 3 heteroatoms. The van der Waals surface area contributed by atoms with Gasteiger partial charge in [-0.15, -0.1) is 0 Å². The predicted octanol–water partition coefficient (Wildman–Crippen LogP) is 3.31. The van der Waals surface area contributed by atoms with E-state index in [1.165, 1.54) is 17.7 Å². The van der Waals surface area contributed by atoms with Crippen LogP contribution in [0.15, 0.2) is 6.07 Å². The summed E-state index contributed by atoms with van der Waals surface area (Å²) in [5, 5.41) is 9.40. The molecule has 1 aliphatic carbocycles. The number of fused-ring (bicyclic) bond motifs is 1. The second-order valence-corrected chi connectivity index (χ2v) is 6.07. The first-order valence-corrected chi connectivity index (χ1v) is 7.22. The Hall–Kier alpha value is -1.56. The Labute approximate surface area is 116 Å². The van der Waals surface area contributed by atoms with Gasteiger partial charge in [-0.2, -0.15) is 5.26 Å². The molecule has 0 aromatic carbocycles. The van der Waals surface area contributed by atoms with Crippen LogP contribution in [-0.4, -0.2) is 17.6 Å². The van der Waals surface area contributed by atoms with Crippen molar-refractivity contribution >= 4 is 5.82 Å². The molecule has 0 bridgehead atoms. The first-order chi connectivity index (χ1) is 9.02. The predicted molar refractivity (Wildman–Crippen MR) is 78.3 cm³/mol. The van der Waals surface area contributed by atoms with Crippen LogP contribution in [0.5, 0.6) is 0 Å². The second kappa shape index (κ2) is 5.61. The van der Waals surface area contributed by atoms with Gasteiger partial charge in [0, 0.05) is 18.3 Å². The molecule has 1 aromatic rings. The first kappa shape index (κ1) is 13.9. The molecule has 0 radical (unpaired) electrons. The molecule has 0 fully saturated rings. The molecule has 0 unspecified atom stereocenters. The summed E-state index contributed by atoms with van der Waals surface area (Å²) in [6.07, 6.45) is 3.30. The number of nitriles is 1. The highest BCUT2D eigenvalue weighted by molar-refractivity contribution is 5.57. The van der Waals surface area contributed by atoms with E-state index in [2.05, 4.69) is 44.7 Å². The smallest absolute Gasteiger partial charge is 0.147 e. The fraction of sp³-hybridized carbons (Fsp3) is 0.625. The van der Waals surface area contributed by atoms with E-state index in [0.717, 1.165) is 30.8 Å². The summed E-state index contributed by atoms with van der Waals surface area (Å²) in [4.78, 5) is 7.07. The number of hydrogen-bond donors (Lipinski definition) is 0. The summed E-state index contributed by atoms with van der Waals surface area (Å²) in [7, 11) is 0. The van der Waals surface area contributed by atoms with E-state index < -0.39 is 0 Å². The van der Waals surface area contributed by atoms with E-state index in [1.807, 2.05) is 0 Å². The van der Waals surface area contributed by atoms with Gasteiger partial charge >= 0.3 is 0 Å². The highest BCUT2D eigenvalue weighted by atomic mass is 15.2. The molecule has 0 atom stereocenters. The molecular formula is C16H23N3. The molecule has 2 rings (SSSR count). The van der Waals surface area contributed by atoms with Gasteiger partial charge in [0.2, 0.25) is 0 Å². The van der Waals surface area contributed by atoms with Gasteiger partial charge in [-0.25, -0.2) is 4.98 Å². The lowest BCUT2D eigenvalue weighted by atomic mass is 10.1. The minimum absolute atomic E-state index is 0.362. The van der Waals surface area contributed by atoms with E-state index in [-0.39, 0.29) is 0 Å². The Morgan fingerprint density at radius 2 is 2.05 bits per heavy atom. The average Bonchev–Trinajstić information content (AvgIpc) is 2.80. The van der Waals surface area contributed by atoms with Crippen molar-refractivity contribution in [1.29, 1.82) is 5.26 Å². The van der Waals surface area contributed by atoms with E-state index in [1.54, 1.807) is 0 Å². The maximum Gasteiger partial charge on any atom is 0.147 e. The van der Waals surface area contributed by atoms with Gasteiger partial charge in [0.1, 0.15) is 11.9 Å². The van der Waals surface area contributed by atoms with Crippen LogP contribution in [0.25, 0.3) is 0 Å². The minimum Gasteiger partial charge on any atom is -0.353 e. The fourth-order valence-corrected chi connectivity index (χ4v) is 2.70. The van der Waals surface area contributed by atoms with Gasteiger partial charge in [-0.3, -0.25) is 0 Å². The summed E-state index contributed by atoms with van der Waals surface area (Å²) in [5.41, 5.74) is 3.20. The van der Waals surface area contributed by atoms with Gasteiger partial charge in [-0.1, -0.05) is 13.8 Å². The minimum atomic E-state index is 0.362. The first-order valence-electron chi connectivity index (χ1n) is 7.22. The van der Waals surface area contributed by atoms with Gasteiger partial charge in [0.05, 0.1) is 5.56 Å². The molecular weight excluding hydrogens is 234 g/mol. The van der Waals surface area contributed by atoms with Crippen molar-refractivity contribution in [2.75, 3.05) is 11.4 Å². The van der Waals surface area contributed by atoms with Crippen molar-refractivity contribution in [2.45, 2.75) is 53.0 Å². The molecule has 0 N–H and O–H groups in total. The molecule has 3 nitrogen and oxygen atoms in total. The van der Waals surface area contributed by atoms with Crippen molar-refractivity contribution < 1.29 is 0 Å². The Morgan fingerprint density at radius 1 is 1.32 bits per heavy atom. The largest absolute Gasteiger partial charge is 0.353 e. The Morgan fingerprint density at radius 3 is 2.63 bits per heavy atom. The molecule has 0 amide bonds. The number of rotatable bonds is 4. The third-order valence-electron chi connectivity index (χ3n) is 3.61. The van der Waals surface area contributed by atoms with E-state index in [9.17, 15) is 5.26 Å². The number of hydrogen-bond acceptors (Lipinski definition) is 3. The van der Waals surface area contributed by atoms with E-state index >= 15 is 0 Å². The number of anilines is 1. The van der Waals surface area contributed by atoms with Gasteiger partial charge in [-0.05, 0) is 50.7 Å². The van der Waals surface area contributed by atoms with E-state index in [4.69, 9.17) is 4.98 Å². The van der Waals surface area contributed by atoms with Crippen molar-refractivity contribution in [3.8, 4) is 6.07 Å². The molecule has 0 aliphatic heterocycles. The van der Waals surface area contributed by atoms with Crippen LogP contribution in [0, 0.1) is 17.2 Å². The normalized spacial score (nSPS) is 13.7. The van der Waals surface area contributed by atoms with Crippen LogP contribution in [0.1, 0.15) is 50.9 Å². The lowest BCUT2D eigenvalue weighted by Gasteiger charge is -2.30. The summed E-state index contributed by atoms with van der Waals surface area (Å²) in [6, 6.07) is 4.75. The van der Waals surface area contributed by atoms with E-state index in [0.29, 0.717) is 12.0 Å². The molecule has 0 saturated heterocycles. The number of nitrogens with zero attached hydrogens (tertiary/aromatic N) is 3. The van der Waals surface area contributed by atoms with Crippen molar-refractivity contribution in [3.05, 3.63) is 22.9 Å². The maximum absolute atomic E-state index is 9.40. The van der Waals surface area contributed by atoms with Crippen LogP contribution >= 0.6 is 0 Å². The van der Waals surface area contributed by atoms with Crippen molar-refractivity contribution in [3.63, 3.8) is 0 Å². The zero-order valence-corrected chi connectivity index (χ0v) is 12.4. The van der Waals surface area contributed by atoms with Crippen molar-refractivity contribution in [2.24, 2.45) is 5.92 Å². The summed E-state index contributed by atoms with van der Waals surface area (Å²) in [5.74, 6) is 1.44. The topological polar surface area (TPSA) is 39.9 Å². The number of aryl methyl sites for hydroxylation is 2. The molecule has 1 heterocycles. The molecule has 0 saturated carbocycles. The molecule has 19 heavy (non-hydrogen) atoms. The second-order valence-electron chi connectivity index (χ2n) is 6.07.